The van der Waals surface area contributed by atoms with E-state index in [4.69, 9.17) is 0 Å². The summed E-state index contributed by atoms with van der Waals surface area (Å²) in [5.41, 5.74) is 2.62. The molecule has 2 atom stereocenters. The average Bonchev–Trinajstić information content (AvgIpc) is 3.21. The van der Waals surface area contributed by atoms with Crippen molar-refractivity contribution in [1.82, 2.24) is 4.98 Å². The first-order valence-corrected chi connectivity index (χ1v) is 7.10. The predicted octanol–water partition coefficient (Wildman–Crippen LogP) is 4.29. The summed E-state index contributed by atoms with van der Waals surface area (Å²) in [6.07, 6.45) is 2.58. The Morgan fingerprint density at radius 2 is 1.95 bits per heavy atom. The maximum atomic E-state index is 13.4. The second-order valence-corrected chi connectivity index (χ2v) is 5.62. The number of halogens is 1. The van der Waals surface area contributed by atoms with Crippen molar-refractivity contribution in [1.29, 1.82) is 0 Å². The zero-order valence-electron chi connectivity index (χ0n) is 11.3. The Balaban J connectivity index is 1.65. The molecule has 2 aromatic carbocycles. The van der Waals surface area contributed by atoms with Gasteiger partial charge in [0.1, 0.15) is 5.82 Å². The number of carbonyl (C=O) groups excluding carboxylic acids is 1. The minimum absolute atomic E-state index is 0.0228. The number of rotatable bonds is 3. The summed E-state index contributed by atoms with van der Waals surface area (Å²) < 4.78 is 13.4. The highest BCUT2D eigenvalue weighted by Crippen LogP contribution is 2.49. The van der Waals surface area contributed by atoms with Crippen molar-refractivity contribution < 1.29 is 9.18 Å². The summed E-state index contributed by atoms with van der Waals surface area (Å²) in [7, 11) is 0. The van der Waals surface area contributed by atoms with Gasteiger partial charge in [0.2, 0.25) is 0 Å². The van der Waals surface area contributed by atoms with E-state index in [2.05, 4.69) is 17.1 Å². The Labute approximate surface area is 121 Å². The van der Waals surface area contributed by atoms with Crippen LogP contribution in [0.1, 0.15) is 28.3 Å². The van der Waals surface area contributed by atoms with E-state index in [0.29, 0.717) is 16.9 Å². The van der Waals surface area contributed by atoms with Crippen LogP contribution in [0, 0.1) is 11.7 Å². The third-order valence-corrected chi connectivity index (χ3v) is 4.26. The molecule has 1 aliphatic carbocycles. The second-order valence-electron chi connectivity index (χ2n) is 5.62. The molecule has 0 aliphatic heterocycles. The Morgan fingerprint density at radius 3 is 2.76 bits per heavy atom. The van der Waals surface area contributed by atoms with Gasteiger partial charge in [0.15, 0.2) is 5.78 Å². The second kappa shape index (κ2) is 4.55. The molecule has 3 aromatic rings. The molecule has 104 valence electrons. The van der Waals surface area contributed by atoms with E-state index in [1.165, 1.54) is 17.7 Å². The van der Waals surface area contributed by atoms with Gasteiger partial charge in [0, 0.05) is 28.6 Å². The molecule has 4 rings (SSSR count). The number of ketones is 1. The third kappa shape index (κ3) is 2.05. The van der Waals surface area contributed by atoms with Crippen LogP contribution >= 0.6 is 0 Å². The zero-order chi connectivity index (χ0) is 14.4. The molecule has 0 bridgehead atoms. The maximum Gasteiger partial charge on any atom is 0.168 e. The summed E-state index contributed by atoms with van der Waals surface area (Å²) in [6, 6.07) is 14.6. The fourth-order valence-corrected chi connectivity index (χ4v) is 3.05. The molecule has 1 aliphatic rings. The van der Waals surface area contributed by atoms with Gasteiger partial charge in [0.05, 0.1) is 0 Å². The molecule has 1 heterocycles. The largest absolute Gasteiger partial charge is 0.360 e. The predicted molar refractivity (Wildman–Crippen MR) is 79.9 cm³/mol. The summed E-state index contributed by atoms with van der Waals surface area (Å²) in [5, 5.41) is 0.679. The number of hydrogen-bond acceptors (Lipinski definition) is 1. The first-order valence-electron chi connectivity index (χ1n) is 7.10. The van der Waals surface area contributed by atoms with Crippen LogP contribution in [0.5, 0.6) is 0 Å². The Bertz CT molecular complexity index is 822. The first kappa shape index (κ1) is 12.3. The molecule has 1 saturated carbocycles. The smallest absolute Gasteiger partial charge is 0.168 e. The lowest BCUT2D eigenvalue weighted by Gasteiger charge is -2.00. The van der Waals surface area contributed by atoms with Crippen molar-refractivity contribution in [2.45, 2.75) is 12.3 Å². The van der Waals surface area contributed by atoms with Crippen molar-refractivity contribution in [3.63, 3.8) is 0 Å². The number of benzene rings is 2. The first-order chi connectivity index (χ1) is 10.2. The lowest BCUT2D eigenvalue weighted by atomic mass is 10.0. The molecule has 3 heteroatoms. The molecule has 1 aromatic heterocycles. The fraction of sp³-hybridized carbons (Fsp3) is 0.167. The summed E-state index contributed by atoms with van der Waals surface area (Å²) in [5.74, 6) is 0.124. The molecule has 0 spiro atoms. The fourth-order valence-electron chi connectivity index (χ4n) is 3.05. The molecule has 1 fully saturated rings. The van der Waals surface area contributed by atoms with Crippen molar-refractivity contribution in [3.8, 4) is 0 Å². The van der Waals surface area contributed by atoms with Crippen LogP contribution in [0.4, 0.5) is 4.39 Å². The third-order valence-electron chi connectivity index (χ3n) is 4.26. The number of aromatic amines is 1. The lowest BCUT2D eigenvalue weighted by Crippen LogP contribution is -2.02. The van der Waals surface area contributed by atoms with Crippen molar-refractivity contribution in [2.24, 2.45) is 5.92 Å². The highest BCUT2D eigenvalue weighted by Gasteiger charge is 2.44. The van der Waals surface area contributed by atoms with Crippen LogP contribution in [-0.2, 0) is 0 Å². The van der Waals surface area contributed by atoms with E-state index in [9.17, 15) is 9.18 Å². The summed E-state index contributed by atoms with van der Waals surface area (Å²) >= 11 is 0. The van der Waals surface area contributed by atoms with E-state index in [1.54, 1.807) is 12.3 Å². The van der Waals surface area contributed by atoms with Gasteiger partial charge >= 0.3 is 0 Å². The molecule has 21 heavy (non-hydrogen) atoms. The number of aromatic nitrogens is 1. The molecular formula is C18H14FNO. The van der Waals surface area contributed by atoms with Crippen LogP contribution in [0.2, 0.25) is 0 Å². The van der Waals surface area contributed by atoms with Crippen molar-refractivity contribution in [2.75, 3.05) is 0 Å². The van der Waals surface area contributed by atoms with Gasteiger partial charge in [0.25, 0.3) is 0 Å². The van der Waals surface area contributed by atoms with E-state index < -0.39 is 0 Å². The van der Waals surface area contributed by atoms with Crippen LogP contribution in [0.25, 0.3) is 10.9 Å². The van der Waals surface area contributed by atoms with Crippen LogP contribution in [0.3, 0.4) is 0 Å². The Morgan fingerprint density at radius 1 is 1.14 bits per heavy atom. The number of H-pyrrole nitrogens is 1. The molecule has 2 nitrogen and oxygen atoms in total. The Hall–Kier alpha value is -2.42. The number of hydrogen-bond donors (Lipinski definition) is 1. The van der Waals surface area contributed by atoms with Gasteiger partial charge in [-0.1, -0.05) is 30.3 Å². The SMILES string of the molecule is O=C(c1c[nH]c2ccc(F)cc12)C1CC1c1ccccc1. The normalized spacial score (nSPS) is 20.6. The van der Waals surface area contributed by atoms with Gasteiger partial charge < -0.3 is 4.98 Å². The summed E-state index contributed by atoms with van der Waals surface area (Å²) in [6.45, 7) is 0. The number of nitrogens with one attached hydrogen (secondary N) is 1. The average molecular weight is 279 g/mol. The standard InChI is InChI=1S/C18H14FNO/c19-12-6-7-17-14(8-12)16(10-20-17)18(21)15-9-13(15)11-4-2-1-3-5-11/h1-8,10,13,15,20H,9H2. The van der Waals surface area contributed by atoms with Gasteiger partial charge in [-0.2, -0.15) is 0 Å². The molecule has 2 unspecified atom stereocenters. The van der Waals surface area contributed by atoms with Gasteiger partial charge in [-0.05, 0) is 36.1 Å². The van der Waals surface area contributed by atoms with Crippen molar-refractivity contribution in [3.05, 3.63) is 71.7 Å². The monoisotopic (exact) mass is 279 g/mol. The van der Waals surface area contributed by atoms with E-state index in [-0.39, 0.29) is 17.5 Å². The highest BCUT2D eigenvalue weighted by molar-refractivity contribution is 6.10. The quantitative estimate of drug-likeness (QED) is 0.713. The Kier molecular flexibility index (Phi) is 2.67. The summed E-state index contributed by atoms with van der Waals surface area (Å²) in [4.78, 5) is 15.7. The number of Topliss-reactive ketones (excluding diaryl/α,β-unsaturated/α-hetero) is 1. The van der Waals surface area contributed by atoms with Crippen LogP contribution in [0.15, 0.2) is 54.7 Å². The van der Waals surface area contributed by atoms with Gasteiger partial charge in [-0.25, -0.2) is 4.39 Å². The van der Waals surface area contributed by atoms with E-state index in [1.807, 2.05) is 18.2 Å². The molecule has 0 saturated heterocycles. The molecule has 1 N–H and O–H groups in total. The van der Waals surface area contributed by atoms with Crippen molar-refractivity contribution >= 4 is 16.7 Å². The number of fused-ring (bicyclic) bond motifs is 1. The topological polar surface area (TPSA) is 32.9 Å². The molecular weight excluding hydrogens is 265 g/mol. The lowest BCUT2D eigenvalue weighted by molar-refractivity contribution is 0.0967. The van der Waals surface area contributed by atoms with E-state index in [0.717, 1.165) is 11.9 Å². The number of carbonyl (C=O) groups is 1. The highest BCUT2D eigenvalue weighted by atomic mass is 19.1. The maximum absolute atomic E-state index is 13.4. The van der Waals surface area contributed by atoms with Gasteiger partial charge in [-0.3, -0.25) is 4.79 Å². The minimum atomic E-state index is -0.313. The molecule has 0 amide bonds. The van der Waals surface area contributed by atoms with Gasteiger partial charge in [-0.15, -0.1) is 0 Å². The zero-order valence-corrected chi connectivity index (χ0v) is 11.3. The molecule has 0 radical (unpaired) electrons. The van der Waals surface area contributed by atoms with E-state index >= 15 is 0 Å². The van der Waals surface area contributed by atoms with Crippen LogP contribution in [-0.4, -0.2) is 10.8 Å². The minimum Gasteiger partial charge on any atom is -0.360 e. The van der Waals surface area contributed by atoms with Crippen LogP contribution < -0.4 is 0 Å².